The van der Waals surface area contributed by atoms with Crippen molar-refractivity contribution in [2.45, 2.75) is 20.0 Å². The number of amides is 1. The highest BCUT2D eigenvalue weighted by Gasteiger charge is 2.03. The van der Waals surface area contributed by atoms with Gasteiger partial charge in [0.1, 0.15) is 12.4 Å². The van der Waals surface area contributed by atoms with Gasteiger partial charge in [-0.3, -0.25) is 4.79 Å². The van der Waals surface area contributed by atoms with Gasteiger partial charge in [-0.2, -0.15) is 0 Å². The van der Waals surface area contributed by atoms with E-state index in [1.165, 1.54) is 0 Å². The number of rotatable bonds is 7. The molecule has 0 aliphatic carbocycles. The summed E-state index contributed by atoms with van der Waals surface area (Å²) in [6.07, 6.45) is 2.87. The third-order valence-electron chi connectivity index (χ3n) is 2.60. The van der Waals surface area contributed by atoms with Crippen LogP contribution in [0.3, 0.4) is 0 Å². The molecular formula is C14H17N3O2S. The number of primary amides is 1. The summed E-state index contributed by atoms with van der Waals surface area (Å²) in [6.45, 7) is 3.49. The number of hydrogen-bond acceptors (Lipinski definition) is 5. The number of hydrogen-bond donors (Lipinski definition) is 2. The molecule has 6 heteroatoms. The molecule has 2 rings (SSSR count). The van der Waals surface area contributed by atoms with Gasteiger partial charge in [-0.15, -0.1) is 0 Å². The molecule has 0 radical (unpaired) electrons. The highest BCUT2D eigenvalue weighted by atomic mass is 32.1. The molecule has 0 unspecified atom stereocenters. The zero-order valence-corrected chi connectivity index (χ0v) is 12.1. The standard InChI is InChI=1S/C14H17N3O2S/c1-2-7-16-14-17-8-12(20-14)9-19-11-5-3-10(4-6-11)13(15)18/h3-6,8H,2,7,9H2,1H3,(H2,15,18)(H,16,17). The number of thiazole rings is 1. The van der Waals surface area contributed by atoms with Crippen LogP contribution in [-0.4, -0.2) is 17.4 Å². The zero-order valence-electron chi connectivity index (χ0n) is 11.3. The summed E-state index contributed by atoms with van der Waals surface area (Å²) in [5, 5.41) is 4.14. The van der Waals surface area contributed by atoms with E-state index in [1.54, 1.807) is 41.8 Å². The first-order valence-electron chi connectivity index (χ1n) is 6.40. The number of nitrogens with two attached hydrogens (primary N) is 1. The second-order valence-electron chi connectivity index (χ2n) is 4.24. The maximum absolute atomic E-state index is 10.9. The van der Waals surface area contributed by atoms with Crippen LogP contribution in [0, 0.1) is 0 Å². The van der Waals surface area contributed by atoms with Crippen LogP contribution in [0.1, 0.15) is 28.6 Å². The first kappa shape index (κ1) is 14.3. The van der Waals surface area contributed by atoms with Crippen LogP contribution in [0.25, 0.3) is 0 Å². The topological polar surface area (TPSA) is 77.2 Å². The third-order valence-corrected chi connectivity index (χ3v) is 3.53. The van der Waals surface area contributed by atoms with Gasteiger partial charge in [0.15, 0.2) is 5.13 Å². The molecule has 1 aromatic heterocycles. The molecule has 0 aliphatic rings. The van der Waals surface area contributed by atoms with E-state index in [0.29, 0.717) is 17.9 Å². The number of benzene rings is 1. The normalized spacial score (nSPS) is 10.2. The largest absolute Gasteiger partial charge is 0.488 e. The average molecular weight is 291 g/mol. The van der Waals surface area contributed by atoms with Gasteiger partial charge < -0.3 is 15.8 Å². The molecule has 1 heterocycles. The molecule has 3 N–H and O–H groups in total. The van der Waals surface area contributed by atoms with Crippen LogP contribution in [-0.2, 0) is 6.61 Å². The first-order valence-corrected chi connectivity index (χ1v) is 7.22. The van der Waals surface area contributed by atoms with Gasteiger partial charge in [0.05, 0.1) is 4.88 Å². The van der Waals surface area contributed by atoms with Crippen LogP contribution in [0.2, 0.25) is 0 Å². The maximum Gasteiger partial charge on any atom is 0.248 e. The molecular weight excluding hydrogens is 274 g/mol. The number of ether oxygens (including phenoxy) is 1. The van der Waals surface area contributed by atoms with Crippen molar-refractivity contribution in [3.8, 4) is 5.75 Å². The molecule has 2 aromatic rings. The SMILES string of the molecule is CCCNc1ncc(COc2ccc(C(N)=O)cc2)s1. The van der Waals surface area contributed by atoms with Gasteiger partial charge in [-0.05, 0) is 30.7 Å². The van der Waals surface area contributed by atoms with Gasteiger partial charge in [0.2, 0.25) is 5.91 Å². The Labute approximate surface area is 121 Å². The van der Waals surface area contributed by atoms with Gasteiger partial charge in [-0.25, -0.2) is 4.98 Å². The molecule has 20 heavy (non-hydrogen) atoms. The molecule has 0 aliphatic heterocycles. The van der Waals surface area contributed by atoms with E-state index in [-0.39, 0.29) is 0 Å². The zero-order chi connectivity index (χ0) is 14.4. The Bertz CT molecular complexity index is 566. The van der Waals surface area contributed by atoms with Crippen molar-refractivity contribution in [3.63, 3.8) is 0 Å². The van der Waals surface area contributed by atoms with Crippen LogP contribution in [0.4, 0.5) is 5.13 Å². The number of carbonyl (C=O) groups excluding carboxylic acids is 1. The Balaban J connectivity index is 1.88. The minimum absolute atomic E-state index is 0.439. The molecule has 0 saturated heterocycles. The number of nitrogens with one attached hydrogen (secondary N) is 1. The van der Waals surface area contributed by atoms with E-state index >= 15 is 0 Å². The van der Waals surface area contributed by atoms with E-state index in [2.05, 4.69) is 17.2 Å². The number of carbonyl (C=O) groups is 1. The lowest BCUT2D eigenvalue weighted by Crippen LogP contribution is -2.10. The molecule has 1 amide bonds. The Hall–Kier alpha value is -2.08. The average Bonchev–Trinajstić information content (AvgIpc) is 2.91. The first-order chi connectivity index (χ1) is 9.69. The number of anilines is 1. The maximum atomic E-state index is 10.9. The highest BCUT2D eigenvalue weighted by Crippen LogP contribution is 2.20. The smallest absolute Gasteiger partial charge is 0.248 e. The monoisotopic (exact) mass is 291 g/mol. The van der Waals surface area contributed by atoms with Crippen molar-refractivity contribution in [1.82, 2.24) is 4.98 Å². The van der Waals surface area contributed by atoms with E-state index in [0.717, 1.165) is 23.0 Å². The quantitative estimate of drug-likeness (QED) is 0.822. The van der Waals surface area contributed by atoms with Crippen LogP contribution < -0.4 is 15.8 Å². The summed E-state index contributed by atoms with van der Waals surface area (Å²) in [4.78, 5) is 16.3. The number of nitrogens with zero attached hydrogens (tertiary/aromatic N) is 1. The van der Waals surface area contributed by atoms with Gasteiger partial charge in [-0.1, -0.05) is 18.3 Å². The van der Waals surface area contributed by atoms with Gasteiger partial charge in [0.25, 0.3) is 0 Å². The molecule has 0 atom stereocenters. The van der Waals surface area contributed by atoms with E-state index in [4.69, 9.17) is 10.5 Å². The molecule has 106 valence electrons. The number of aromatic nitrogens is 1. The fraction of sp³-hybridized carbons (Fsp3) is 0.286. The fourth-order valence-electron chi connectivity index (χ4n) is 1.56. The van der Waals surface area contributed by atoms with Gasteiger partial charge >= 0.3 is 0 Å². The summed E-state index contributed by atoms with van der Waals surface area (Å²) in [7, 11) is 0. The van der Waals surface area contributed by atoms with Crippen molar-refractivity contribution in [2.75, 3.05) is 11.9 Å². The van der Waals surface area contributed by atoms with Crippen LogP contribution in [0.15, 0.2) is 30.5 Å². The molecule has 0 saturated carbocycles. The predicted octanol–water partition coefficient (Wildman–Crippen LogP) is 2.64. The van der Waals surface area contributed by atoms with Crippen molar-refractivity contribution in [1.29, 1.82) is 0 Å². The Morgan fingerprint density at radius 1 is 1.40 bits per heavy atom. The summed E-state index contributed by atoms with van der Waals surface area (Å²) in [6, 6.07) is 6.77. The second kappa shape index (κ2) is 6.91. The van der Waals surface area contributed by atoms with E-state index in [9.17, 15) is 4.79 Å². The summed E-state index contributed by atoms with van der Waals surface area (Å²) >= 11 is 1.58. The van der Waals surface area contributed by atoms with Crippen molar-refractivity contribution < 1.29 is 9.53 Å². The molecule has 5 nitrogen and oxygen atoms in total. The fourth-order valence-corrected chi connectivity index (χ4v) is 2.31. The predicted molar refractivity (Wildman–Crippen MR) is 80.2 cm³/mol. The van der Waals surface area contributed by atoms with Gasteiger partial charge in [0, 0.05) is 18.3 Å². The van der Waals surface area contributed by atoms with Crippen LogP contribution in [0.5, 0.6) is 5.75 Å². The highest BCUT2D eigenvalue weighted by molar-refractivity contribution is 7.15. The second-order valence-corrected chi connectivity index (χ2v) is 5.35. The van der Waals surface area contributed by atoms with Crippen molar-refractivity contribution in [2.24, 2.45) is 5.73 Å². The summed E-state index contributed by atoms with van der Waals surface area (Å²) < 4.78 is 5.64. The Kier molecular flexibility index (Phi) is 4.95. The molecule has 0 spiro atoms. The molecule has 0 fully saturated rings. The lowest BCUT2D eigenvalue weighted by molar-refractivity contribution is 0.100. The molecule has 1 aromatic carbocycles. The summed E-state index contributed by atoms with van der Waals surface area (Å²) in [5.41, 5.74) is 5.65. The summed E-state index contributed by atoms with van der Waals surface area (Å²) in [5.74, 6) is 0.261. The minimum atomic E-state index is -0.439. The van der Waals surface area contributed by atoms with E-state index < -0.39 is 5.91 Å². The van der Waals surface area contributed by atoms with Crippen molar-refractivity contribution >= 4 is 22.4 Å². The van der Waals surface area contributed by atoms with Crippen molar-refractivity contribution in [3.05, 3.63) is 40.9 Å². The Morgan fingerprint density at radius 2 is 2.15 bits per heavy atom. The third kappa shape index (κ3) is 3.96. The van der Waals surface area contributed by atoms with Crippen LogP contribution >= 0.6 is 11.3 Å². The minimum Gasteiger partial charge on any atom is -0.488 e. The Morgan fingerprint density at radius 3 is 2.80 bits per heavy atom. The van der Waals surface area contributed by atoms with E-state index in [1.807, 2.05) is 0 Å². The molecule has 0 bridgehead atoms. The lowest BCUT2D eigenvalue weighted by Gasteiger charge is -2.04. The lowest BCUT2D eigenvalue weighted by atomic mass is 10.2.